The highest BCUT2D eigenvalue weighted by molar-refractivity contribution is 6.21. The van der Waals surface area contributed by atoms with Gasteiger partial charge in [0.1, 0.15) is 5.57 Å². The van der Waals surface area contributed by atoms with Crippen molar-refractivity contribution in [3.05, 3.63) is 42.5 Å². The summed E-state index contributed by atoms with van der Waals surface area (Å²) < 4.78 is 4.72. The molecule has 90 valence electrons. The Labute approximate surface area is 100 Å². The molecule has 0 spiro atoms. The third-order valence-corrected chi connectivity index (χ3v) is 2.23. The second-order valence-electron chi connectivity index (χ2n) is 3.40. The van der Waals surface area contributed by atoms with Crippen molar-refractivity contribution in [3.8, 4) is 0 Å². The van der Waals surface area contributed by atoms with Crippen LogP contribution in [0.25, 0.3) is 0 Å². The summed E-state index contributed by atoms with van der Waals surface area (Å²) in [4.78, 5) is 24.6. The highest BCUT2D eigenvalue weighted by atomic mass is 16.5. The summed E-state index contributed by atoms with van der Waals surface area (Å²) in [5.74, 6) is -1.14. The van der Waals surface area contributed by atoms with E-state index >= 15 is 0 Å². The van der Waals surface area contributed by atoms with Crippen LogP contribution in [0, 0.1) is 0 Å². The normalized spacial score (nSPS) is 9.53. The van der Waals surface area contributed by atoms with Gasteiger partial charge in [0.25, 0.3) is 5.91 Å². The first-order valence-corrected chi connectivity index (χ1v) is 5.27. The highest BCUT2D eigenvalue weighted by Crippen LogP contribution is 2.13. The molecule has 4 nitrogen and oxygen atoms in total. The van der Waals surface area contributed by atoms with Gasteiger partial charge in [0.2, 0.25) is 0 Å². The summed E-state index contributed by atoms with van der Waals surface area (Å²) in [5, 5.41) is 0. The number of nitrogens with zero attached hydrogens (tertiary/aromatic N) is 1. The summed E-state index contributed by atoms with van der Waals surface area (Å²) in [6.45, 7) is 5.35. The fourth-order valence-corrected chi connectivity index (χ4v) is 1.28. The average Bonchev–Trinajstić information content (AvgIpc) is 2.37. The van der Waals surface area contributed by atoms with Crippen LogP contribution in [0.15, 0.2) is 42.5 Å². The smallest absolute Gasteiger partial charge is 0.343 e. The fourth-order valence-electron chi connectivity index (χ4n) is 1.28. The van der Waals surface area contributed by atoms with Gasteiger partial charge >= 0.3 is 5.97 Å². The molecule has 1 aromatic rings. The van der Waals surface area contributed by atoms with Crippen LogP contribution in [0.5, 0.6) is 0 Å². The molecule has 0 aliphatic carbocycles. The number of para-hydroxylation sites is 1. The Morgan fingerprint density at radius 1 is 1.29 bits per heavy atom. The minimum absolute atomic E-state index is 0.168. The van der Waals surface area contributed by atoms with Gasteiger partial charge in [-0.05, 0) is 19.1 Å². The second-order valence-corrected chi connectivity index (χ2v) is 3.40. The zero-order chi connectivity index (χ0) is 12.8. The van der Waals surface area contributed by atoms with Gasteiger partial charge in [0, 0.05) is 12.7 Å². The lowest BCUT2D eigenvalue weighted by Gasteiger charge is -2.17. The molecule has 0 bridgehead atoms. The molecule has 0 aliphatic heterocycles. The van der Waals surface area contributed by atoms with E-state index in [2.05, 4.69) is 6.58 Å². The summed E-state index contributed by atoms with van der Waals surface area (Å²) >= 11 is 0. The van der Waals surface area contributed by atoms with Crippen molar-refractivity contribution >= 4 is 17.6 Å². The minimum Gasteiger partial charge on any atom is -0.462 e. The lowest BCUT2D eigenvalue weighted by atomic mass is 10.2. The predicted molar refractivity (Wildman–Crippen MR) is 65.6 cm³/mol. The first kappa shape index (κ1) is 13.0. The summed E-state index contributed by atoms with van der Waals surface area (Å²) in [5.41, 5.74) is 0.529. The monoisotopic (exact) mass is 233 g/mol. The van der Waals surface area contributed by atoms with Crippen molar-refractivity contribution in [2.45, 2.75) is 6.92 Å². The molecular weight excluding hydrogens is 218 g/mol. The number of hydrogen-bond donors (Lipinski definition) is 0. The van der Waals surface area contributed by atoms with E-state index in [1.165, 1.54) is 4.90 Å². The highest BCUT2D eigenvalue weighted by Gasteiger charge is 2.21. The van der Waals surface area contributed by atoms with E-state index in [-0.39, 0.29) is 12.2 Å². The summed E-state index contributed by atoms with van der Waals surface area (Å²) in [6, 6.07) is 9.02. The zero-order valence-electron chi connectivity index (χ0n) is 9.97. The van der Waals surface area contributed by atoms with Crippen molar-refractivity contribution < 1.29 is 14.3 Å². The molecule has 0 N–H and O–H groups in total. The molecule has 1 rings (SSSR count). The van der Waals surface area contributed by atoms with Gasteiger partial charge in [-0.1, -0.05) is 24.8 Å². The Balaban J connectivity index is 2.77. The number of rotatable bonds is 4. The minimum atomic E-state index is -0.680. The number of likely N-dealkylation sites (N-methyl/N-ethyl adjacent to an activating group) is 1. The van der Waals surface area contributed by atoms with Crippen LogP contribution in [-0.4, -0.2) is 25.5 Å². The predicted octanol–water partition coefficient (Wildman–Crippen LogP) is 1.77. The van der Waals surface area contributed by atoms with Crippen molar-refractivity contribution in [2.24, 2.45) is 0 Å². The molecule has 0 saturated heterocycles. The second kappa shape index (κ2) is 5.84. The maximum absolute atomic E-state index is 11.9. The van der Waals surface area contributed by atoms with Gasteiger partial charge in [0.05, 0.1) is 6.61 Å². The van der Waals surface area contributed by atoms with E-state index in [0.29, 0.717) is 5.69 Å². The number of carbonyl (C=O) groups excluding carboxylic acids is 2. The van der Waals surface area contributed by atoms with Gasteiger partial charge in [-0.15, -0.1) is 0 Å². The lowest BCUT2D eigenvalue weighted by molar-refractivity contribution is -0.139. The molecule has 4 heteroatoms. The quantitative estimate of drug-likeness (QED) is 0.344. The number of hydrogen-bond acceptors (Lipinski definition) is 3. The van der Waals surface area contributed by atoms with Crippen LogP contribution in [0.4, 0.5) is 5.69 Å². The van der Waals surface area contributed by atoms with Gasteiger partial charge in [-0.3, -0.25) is 4.79 Å². The topological polar surface area (TPSA) is 46.6 Å². The molecular formula is C13H15NO3. The van der Waals surface area contributed by atoms with E-state index in [0.717, 1.165) is 0 Å². The van der Waals surface area contributed by atoms with Crippen LogP contribution in [0.1, 0.15) is 6.92 Å². The van der Waals surface area contributed by atoms with Crippen molar-refractivity contribution in [1.29, 1.82) is 0 Å². The first-order chi connectivity index (χ1) is 8.07. The van der Waals surface area contributed by atoms with Gasteiger partial charge in [-0.25, -0.2) is 4.79 Å². The maximum atomic E-state index is 11.9. The van der Waals surface area contributed by atoms with Crippen molar-refractivity contribution in [2.75, 3.05) is 18.6 Å². The molecule has 0 heterocycles. The molecule has 0 radical (unpaired) electrons. The van der Waals surface area contributed by atoms with Crippen LogP contribution in [0.3, 0.4) is 0 Å². The molecule has 0 atom stereocenters. The molecule has 1 aromatic carbocycles. The molecule has 17 heavy (non-hydrogen) atoms. The molecule has 0 fully saturated rings. The Kier molecular flexibility index (Phi) is 4.46. The van der Waals surface area contributed by atoms with Gasteiger partial charge in [0.15, 0.2) is 0 Å². The van der Waals surface area contributed by atoms with Crippen LogP contribution >= 0.6 is 0 Å². The number of anilines is 1. The summed E-state index contributed by atoms with van der Waals surface area (Å²) in [6.07, 6.45) is 0. The van der Waals surface area contributed by atoms with E-state index in [4.69, 9.17) is 4.74 Å². The fraction of sp³-hybridized carbons (Fsp3) is 0.231. The average molecular weight is 233 g/mol. The van der Waals surface area contributed by atoms with Gasteiger partial charge in [-0.2, -0.15) is 0 Å². The largest absolute Gasteiger partial charge is 0.462 e. The number of carbonyl (C=O) groups is 2. The standard InChI is InChI=1S/C13H15NO3/c1-4-17-13(16)10(2)12(15)14(3)11-8-6-5-7-9-11/h5-9H,2,4H2,1,3H3. The Morgan fingerprint density at radius 2 is 1.88 bits per heavy atom. The number of amides is 1. The Morgan fingerprint density at radius 3 is 2.41 bits per heavy atom. The maximum Gasteiger partial charge on any atom is 0.343 e. The van der Waals surface area contributed by atoms with Crippen molar-refractivity contribution in [3.63, 3.8) is 0 Å². The number of benzene rings is 1. The molecule has 0 saturated carbocycles. The molecule has 1 amide bonds. The molecule has 0 unspecified atom stereocenters. The Bertz CT molecular complexity index is 426. The third-order valence-electron chi connectivity index (χ3n) is 2.23. The van der Waals surface area contributed by atoms with E-state index in [9.17, 15) is 9.59 Å². The molecule has 0 aromatic heterocycles. The third kappa shape index (κ3) is 3.17. The van der Waals surface area contributed by atoms with Crippen LogP contribution in [-0.2, 0) is 14.3 Å². The van der Waals surface area contributed by atoms with Crippen LogP contribution < -0.4 is 4.90 Å². The number of esters is 1. The zero-order valence-corrected chi connectivity index (χ0v) is 9.97. The number of ether oxygens (including phenoxy) is 1. The van der Waals surface area contributed by atoms with Crippen molar-refractivity contribution in [1.82, 2.24) is 0 Å². The van der Waals surface area contributed by atoms with E-state index in [1.54, 1.807) is 26.1 Å². The van der Waals surface area contributed by atoms with Crippen LogP contribution in [0.2, 0.25) is 0 Å². The summed E-state index contributed by atoms with van der Waals surface area (Å²) in [7, 11) is 1.59. The molecule has 0 aliphatic rings. The van der Waals surface area contributed by atoms with Gasteiger partial charge < -0.3 is 9.64 Å². The van der Waals surface area contributed by atoms with E-state index < -0.39 is 11.9 Å². The Hall–Kier alpha value is -2.10. The van der Waals surface area contributed by atoms with E-state index in [1.807, 2.05) is 18.2 Å². The SMILES string of the molecule is C=C(C(=O)OCC)C(=O)N(C)c1ccccc1. The first-order valence-electron chi connectivity index (χ1n) is 5.27. The lowest BCUT2D eigenvalue weighted by Crippen LogP contribution is -2.31.